The molecule has 2 aromatic carbocycles. The van der Waals surface area contributed by atoms with Crippen LogP contribution in [0.15, 0.2) is 54.6 Å². The summed E-state index contributed by atoms with van der Waals surface area (Å²) in [6.45, 7) is 3.09. The summed E-state index contributed by atoms with van der Waals surface area (Å²) < 4.78 is 13.6. The van der Waals surface area contributed by atoms with Crippen LogP contribution in [0.5, 0.6) is 0 Å². The van der Waals surface area contributed by atoms with E-state index in [2.05, 4.69) is 48.2 Å². The molecule has 0 saturated carbocycles. The van der Waals surface area contributed by atoms with Gasteiger partial charge in [-0.3, -0.25) is 4.90 Å². The summed E-state index contributed by atoms with van der Waals surface area (Å²) in [7, 11) is 0. The van der Waals surface area contributed by atoms with Crippen LogP contribution in [-0.4, -0.2) is 17.0 Å². The number of fused-ring (bicyclic) bond motifs is 2. The molecular weight excluding hydrogens is 285 g/mol. The van der Waals surface area contributed by atoms with Crippen molar-refractivity contribution < 1.29 is 4.39 Å². The monoisotopic (exact) mass is 307 g/mol. The van der Waals surface area contributed by atoms with Gasteiger partial charge in [-0.1, -0.05) is 42.5 Å². The normalized spacial score (nSPS) is 23.8. The highest BCUT2D eigenvalue weighted by Crippen LogP contribution is 2.40. The second-order valence-corrected chi connectivity index (χ2v) is 6.81. The zero-order valence-electron chi connectivity index (χ0n) is 13.5. The Hall–Kier alpha value is -1.93. The van der Waals surface area contributed by atoms with Gasteiger partial charge >= 0.3 is 0 Å². The van der Waals surface area contributed by atoms with Crippen molar-refractivity contribution in [2.75, 3.05) is 0 Å². The smallest absolute Gasteiger partial charge is 0.123 e. The summed E-state index contributed by atoms with van der Waals surface area (Å²) in [6, 6.07) is 16.9. The fraction of sp³-hybridized carbons (Fsp3) is 0.333. The van der Waals surface area contributed by atoms with E-state index in [0.29, 0.717) is 12.1 Å². The zero-order valence-corrected chi connectivity index (χ0v) is 13.5. The lowest BCUT2D eigenvalue weighted by Gasteiger charge is -2.34. The van der Waals surface area contributed by atoms with Crippen molar-refractivity contribution in [3.05, 3.63) is 77.1 Å². The fourth-order valence-electron chi connectivity index (χ4n) is 4.10. The second kappa shape index (κ2) is 5.93. The first-order valence-electron chi connectivity index (χ1n) is 8.47. The molecule has 0 aromatic heterocycles. The van der Waals surface area contributed by atoms with Gasteiger partial charge in [0.25, 0.3) is 0 Å². The van der Waals surface area contributed by atoms with Gasteiger partial charge in [0.2, 0.25) is 0 Å². The average Bonchev–Trinajstić information content (AvgIpc) is 2.80. The Morgan fingerprint density at radius 3 is 2.70 bits per heavy atom. The Bertz CT molecular complexity index is 735. The van der Waals surface area contributed by atoms with E-state index in [1.54, 1.807) is 12.1 Å². The van der Waals surface area contributed by atoms with E-state index in [1.165, 1.54) is 29.5 Å². The largest absolute Gasteiger partial charge is 0.289 e. The predicted octanol–water partition coefficient (Wildman–Crippen LogP) is 4.95. The van der Waals surface area contributed by atoms with E-state index in [4.69, 9.17) is 0 Å². The van der Waals surface area contributed by atoms with E-state index in [0.717, 1.165) is 18.5 Å². The van der Waals surface area contributed by atoms with Crippen molar-refractivity contribution in [1.29, 1.82) is 0 Å². The Labute approximate surface area is 137 Å². The molecule has 0 radical (unpaired) electrons. The summed E-state index contributed by atoms with van der Waals surface area (Å²) in [4.78, 5) is 2.62. The summed E-state index contributed by atoms with van der Waals surface area (Å²) >= 11 is 0. The Morgan fingerprint density at radius 2 is 1.91 bits per heavy atom. The summed E-state index contributed by atoms with van der Waals surface area (Å²) in [5, 5.41) is 0. The molecule has 0 spiro atoms. The van der Waals surface area contributed by atoms with E-state index in [9.17, 15) is 4.39 Å². The first kappa shape index (κ1) is 14.6. The van der Waals surface area contributed by atoms with Crippen LogP contribution in [0.25, 0.3) is 5.57 Å². The molecule has 0 amide bonds. The van der Waals surface area contributed by atoms with Gasteiger partial charge < -0.3 is 0 Å². The van der Waals surface area contributed by atoms with Crippen LogP contribution in [0.1, 0.15) is 36.0 Å². The van der Waals surface area contributed by atoms with Crippen LogP contribution in [0, 0.1) is 12.7 Å². The topological polar surface area (TPSA) is 3.24 Å². The Kier molecular flexibility index (Phi) is 3.78. The number of hydrogen-bond acceptors (Lipinski definition) is 1. The third kappa shape index (κ3) is 2.84. The molecule has 0 N–H and O–H groups in total. The molecule has 2 unspecified atom stereocenters. The lowest BCUT2D eigenvalue weighted by Crippen LogP contribution is -2.37. The van der Waals surface area contributed by atoms with Crippen molar-refractivity contribution in [2.45, 2.75) is 44.8 Å². The van der Waals surface area contributed by atoms with Crippen molar-refractivity contribution in [3.63, 3.8) is 0 Å². The van der Waals surface area contributed by atoms with Crippen molar-refractivity contribution in [3.8, 4) is 0 Å². The minimum atomic E-state index is -0.134. The lowest BCUT2D eigenvalue weighted by molar-refractivity contribution is 0.203. The van der Waals surface area contributed by atoms with E-state index >= 15 is 0 Å². The number of rotatable bonds is 3. The zero-order chi connectivity index (χ0) is 15.8. The van der Waals surface area contributed by atoms with Gasteiger partial charge in [-0.25, -0.2) is 4.39 Å². The predicted molar refractivity (Wildman–Crippen MR) is 92.5 cm³/mol. The summed E-state index contributed by atoms with van der Waals surface area (Å²) in [5.74, 6) is -0.134. The van der Waals surface area contributed by atoms with Crippen LogP contribution in [0.3, 0.4) is 0 Å². The van der Waals surface area contributed by atoms with Crippen LogP contribution in [-0.2, 0) is 6.54 Å². The van der Waals surface area contributed by atoms with Gasteiger partial charge in [0.15, 0.2) is 0 Å². The molecule has 2 atom stereocenters. The second-order valence-electron chi connectivity index (χ2n) is 6.81. The molecule has 118 valence electrons. The average molecular weight is 307 g/mol. The lowest BCUT2D eigenvalue weighted by atomic mass is 9.91. The van der Waals surface area contributed by atoms with Crippen molar-refractivity contribution in [2.24, 2.45) is 0 Å². The maximum Gasteiger partial charge on any atom is 0.123 e. The van der Waals surface area contributed by atoms with Crippen molar-refractivity contribution in [1.82, 2.24) is 4.90 Å². The molecule has 2 bridgehead atoms. The quantitative estimate of drug-likeness (QED) is 0.775. The molecule has 1 fully saturated rings. The van der Waals surface area contributed by atoms with E-state index in [-0.39, 0.29) is 5.82 Å². The van der Waals surface area contributed by atoms with Crippen LogP contribution < -0.4 is 0 Å². The molecule has 1 saturated heterocycles. The number of aryl methyl sites for hydroxylation is 1. The number of hydrogen-bond donors (Lipinski definition) is 0. The molecule has 1 nitrogen and oxygen atoms in total. The maximum atomic E-state index is 13.6. The van der Waals surface area contributed by atoms with Gasteiger partial charge in [-0.15, -0.1) is 0 Å². The standard InChI is InChI=1S/C21H22FN/c1-15-7-8-18(22)13-21(15)17-11-19-9-10-20(12-17)23(19)14-16-5-3-2-4-6-16/h2-8,11,13,19-20H,9-10,12,14H2,1H3. The highest BCUT2D eigenvalue weighted by molar-refractivity contribution is 5.70. The molecule has 4 rings (SSSR count). The molecular formula is C21H22FN. The Balaban J connectivity index is 1.60. The third-order valence-electron chi connectivity index (χ3n) is 5.29. The maximum absolute atomic E-state index is 13.6. The SMILES string of the molecule is Cc1ccc(F)cc1C1=CC2CCC(C1)N2Cc1ccccc1. The van der Waals surface area contributed by atoms with E-state index < -0.39 is 0 Å². The fourth-order valence-corrected chi connectivity index (χ4v) is 4.10. The summed E-state index contributed by atoms with van der Waals surface area (Å²) in [6.07, 6.45) is 5.88. The number of halogens is 1. The third-order valence-corrected chi connectivity index (χ3v) is 5.29. The molecule has 2 heterocycles. The van der Waals surface area contributed by atoms with Crippen LogP contribution in [0.4, 0.5) is 4.39 Å². The molecule has 2 aromatic rings. The van der Waals surface area contributed by atoms with Gasteiger partial charge in [-0.05, 0) is 60.6 Å². The highest BCUT2D eigenvalue weighted by atomic mass is 19.1. The van der Waals surface area contributed by atoms with Gasteiger partial charge in [0.05, 0.1) is 0 Å². The molecule has 23 heavy (non-hydrogen) atoms. The summed E-state index contributed by atoms with van der Waals surface area (Å²) in [5.41, 5.74) is 4.98. The number of benzene rings is 2. The van der Waals surface area contributed by atoms with Gasteiger partial charge in [-0.2, -0.15) is 0 Å². The van der Waals surface area contributed by atoms with Gasteiger partial charge in [0.1, 0.15) is 5.82 Å². The van der Waals surface area contributed by atoms with Crippen LogP contribution >= 0.6 is 0 Å². The minimum Gasteiger partial charge on any atom is -0.289 e. The molecule has 2 aliphatic rings. The van der Waals surface area contributed by atoms with Gasteiger partial charge in [0, 0.05) is 18.6 Å². The first-order valence-corrected chi connectivity index (χ1v) is 8.47. The van der Waals surface area contributed by atoms with Crippen molar-refractivity contribution >= 4 is 5.57 Å². The first-order chi connectivity index (χ1) is 11.2. The molecule has 2 heteroatoms. The highest BCUT2D eigenvalue weighted by Gasteiger charge is 2.36. The molecule has 0 aliphatic carbocycles. The molecule has 2 aliphatic heterocycles. The Morgan fingerprint density at radius 1 is 1.09 bits per heavy atom. The van der Waals surface area contributed by atoms with E-state index in [1.807, 2.05) is 6.07 Å². The minimum absolute atomic E-state index is 0.134. The van der Waals surface area contributed by atoms with Crippen LogP contribution in [0.2, 0.25) is 0 Å². The number of nitrogens with zero attached hydrogens (tertiary/aromatic N) is 1.